The summed E-state index contributed by atoms with van der Waals surface area (Å²) in [6.45, 7) is 5.76. The first-order valence-corrected chi connectivity index (χ1v) is 10.6. The highest BCUT2D eigenvalue weighted by atomic mass is 16.5. The van der Waals surface area contributed by atoms with Crippen molar-refractivity contribution in [3.8, 4) is 5.75 Å². The minimum absolute atomic E-state index is 0.0866. The molecule has 0 spiro atoms. The van der Waals surface area contributed by atoms with Gasteiger partial charge in [-0.15, -0.1) is 0 Å². The monoisotopic (exact) mass is 462 g/mol. The van der Waals surface area contributed by atoms with E-state index in [9.17, 15) is 14.4 Å². The van der Waals surface area contributed by atoms with Crippen molar-refractivity contribution in [2.24, 2.45) is 5.10 Å². The molecule has 9 heteroatoms. The van der Waals surface area contributed by atoms with Crippen molar-refractivity contribution in [1.82, 2.24) is 10.7 Å². The van der Waals surface area contributed by atoms with Gasteiger partial charge in [-0.3, -0.25) is 14.4 Å². The number of hydrogen-bond acceptors (Lipinski definition) is 6. The molecule has 176 valence electrons. The second-order valence-corrected chi connectivity index (χ2v) is 7.61. The summed E-state index contributed by atoms with van der Waals surface area (Å²) in [7, 11) is 0. The Labute approximate surface area is 197 Å². The van der Waals surface area contributed by atoms with Gasteiger partial charge in [0.1, 0.15) is 11.5 Å². The number of hydrazone groups is 1. The maximum absolute atomic E-state index is 12.4. The third-order valence-electron chi connectivity index (χ3n) is 4.80. The Morgan fingerprint density at radius 1 is 1.00 bits per heavy atom. The molecule has 34 heavy (non-hydrogen) atoms. The molecule has 0 aliphatic rings. The molecule has 0 unspecified atom stereocenters. The molecule has 0 saturated heterocycles. The van der Waals surface area contributed by atoms with Crippen LogP contribution in [0.3, 0.4) is 0 Å². The zero-order valence-corrected chi connectivity index (χ0v) is 19.2. The predicted octanol–water partition coefficient (Wildman–Crippen LogP) is 2.99. The Bertz CT molecular complexity index is 1180. The fourth-order valence-corrected chi connectivity index (χ4v) is 3.29. The quantitative estimate of drug-likeness (QED) is 0.270. The van der Waals surface area contributed by atoms with Crippen molar-refractivity contribution in [2.75, 3.05) is 11.9 Å². The number of rotatable bonds is 8. The predicted molar refractivity (Wildman–Crippen MR) is 128 cm³/mol. The van der Waals surface area contributed by atoms with E-state index >= 15 is 0 Å². The van der Waals surface area contributed by atoms with Gasteiger partial charge in [0.15, 0.2) is 6.61 Å². The molecule has 0 bridgehead atoms. The van der Waals surface area contributed by atoms with Crippen molar-refractivity contribution >= 4 is 29.6 Å². The average Bonchev–Trinajstić information content (AvgIpc) is 3.32. The summed E-state index contributed by atoms with van der Waals surface area (Å²) in [6.07, 6.45) is 2.80. The Morgan fingerprint density at radius 3 is 2.44 bits per heavy atom. The van der Waals surface area contributed by atoms with Crippen LogP contribution in [0.4, 0.5) is 5.69 Å². The number of nitrogens with zero attached hydrogens (tertiary/aromatic N) is 1. The Balaban J connectivity index is 1.53. The molecule has 9 nitrogen and oxygen atoms in total. The van der Waals surface area contributed by atoms with Crippen LogP contribution in [0.2, 0.25) is 0 Å². The van der Waals surface area contributed by atoms with Gasteiger partial charge in [0.2, 0.25) is 0 Å². The number of nitrogens with one attached hydrogen (secondary N) is 3. The number of carbonyl (C=O) groups is 3. The molecule has 0 saturated carbocycles. The number of furan rings is 1. The van der Waals surface area contributed by atoms with Crippen LogP contribution in [-0.4, -0.2) is 30.5 Å². The SMILES string of the molecule is Cc1cc(C)c(NC(=O)COc2ccccc2/C=N\NC(=O)C(=O)NCc2ccco2)c(C)c1. The van der Waals surface area contributed by atoms with E-state index in [2.05, 4.69) is 21.2 Å². The Kier molecular flexibility index (Phi) is 8.17. The van der Waals surface area contributed by atoms with Crippen molar-refractivity contribution < 1.29 is 23.5 Å². The number of amides is 3. The lowest BCUT2D eigenvalue weighted by molar-refractivity contribution is -0.139. The van der Waals surface area contributed by atoms with Gasteiger partial charge in [-0.2, -0.15) is 5.10 Å². The van der Waals surface area contributed by atoms with Gasteiger partial charge < -0.3 is 19.8 Å². The van der Waals surface area contributed by atoms with E-state index in [-0.39, 0.29) is 19.1 Å². The molecule has 0 atom stereocenters. The second kappa shape index (κ2) is 11.5. The van der Waals surface area contributed by atoms with Crippen molar-refractivity contribution in [3.05, 3.63) is 82.8 Å². The highest BCUT2D eigenvalue weighted by Gasteiger charge is 2.13. The van der Waals surface area contributed by atoms with E-state index in [1.165, 1.54) is 12.5 Å². The van der Waals surface area contributed by atoms with E-state index in [1.807, 2.05) is 32.9 Å². The first-order chi connectivity index (χ1) is 16.3. The van der Waals surface area contributed by atoms with Crippen LogP contribution in [-0.2, 0) is 20.9 Å². The van der Waals surface area contributed by atoms with Gasteiger partial charge in [-0.05, 0) is 56.2 Å². The normalized spacial score (nSPS) is 10.7. The number of anilines is 1. The standard InChI is InChI=1S/C25H26N4O5/c1-16-11-17(2)23(18(3)12-16)28-22(30)15-34-21-9-5-4-7-19(21)13-27-29-25(32)24(31)26-14-20-8-6-10-33-20/h4-13H,14-15H2,1-3H3,(H,26,31)(H,28,30)(H,29,32)/b27-13-. The van der Waals surface area contributed by atoms with Crippen LogP contribution in [0.1, 0.15) is 28.0 Å². The summed E-state index contributed by atoms with van der Waals surface area (Å²) in [5.41, 5.74) is 6.52. The van der Waals surface area contributed by atoms with E-state index in [4.69, 9.17) is 9.15 Å². The maximum atomic E-state index is 12.4. The Hall–Kier alpha value is -4.40. The molecule has 3 amide bonds. The third kappa shape index (κ3) is 6.80. The van der Waals surface area contributed by atoms with Crippen LogP contribution in [0, 0.1) is 20.8 Å². The number of para-hydroxylation sites is 1. The Morgan fingerprint density at radius 2 is 1.74 bits per heavy atom. The summed E-state index contributed by atoms with van der Waals surface area (Å²) < 4.78 is 10.7. The molecule has 0 aliphatic carbocycles. The van der Waals surface area contributed by atoms with Crippen molar-refractivity contribution in [1.29, 1.82) is 0 Å². The number of carbonyl (C=O) groups excluding carboxylic acids is 3. The van der Waals surface area contributed by atoms with E-state index in [0.29, 0.717) is 17.1 Å². The number of ether oxygens (including phenoxy) is 1. The average molecular weight is 463 g/mol. The smallest absolute Gasteiger partial charge is 0.329 e. The third-order valence-corrected chi connectivity index (χ3v) is 4.80. The fraction of sp³-hybridized carbons (Fsp3) is 0.200. The molecule has 3 aromatic rings. The summed E-state index contributed by atoms with van der Waals surface area (Å²) in [6, 6.07) is 14.2. The molecule has 0 fully saturated rings. The molecule has 3 rings (SSSR count). The number of aryl methyl sites for hydroxylation is 3. The van der Waals surface area contributed by atoms with Crippen LogP contribution in [0.5, 0.6) is 5.75 Å². The minimum Gasteiger partial charge on any atom is -0.483 e. The molecule has 0 radical (unpaired) electrons. The highest BCUT2D eigenvalue weighted by molar-refractivity contribution is 6.35. The van der Waals surface area contributed by atoms with E-state index in [0.717, 1.165) is 22.4 Å². The van der Waals surface area contributed by atoms with Gasteiger partial charge in [0.25, 0.3) is 5.91 Å². The van der Waals surface area contributed by atoms with E-state index in [1.54, 1.807) is 36.4 Å². The van der Waals surface area contributed by atoms with Gasteiger partial charge in [0.05, 0.1) is 19.0 Å². The molecular weight excluding hydrogens is 436 g/mol. The summed E-state index contributed by atoms with van der Waals surface area (Å²) in [5.74, 6) is -1.16. The maximum Gasteiger partial charge on any atom is 0.329 e. The molecule has 3 N–H and O–H groups in total. The summed E-state index contributed by atoms with van der Waals surface area (Å²) in [4.78, 5) is 36.2. The van der Waals surface area contributed by atoms with E-state index < -0.39 is 11.8 Å². The topological polar surface area (TPSA) is 122 Å². The molecular formula is C25H26N4O5. The van der Waals surface area contributed by atoms with Crippen LogP contribution >= 0.6 is 0 Å². The van der Waals surface area contributed by atoms with Crippen LogP contribution in [0.15, 0.2) is 64.3 Å². The van der Waals surface area contributed by atoms with Gasteiger partial charge in [-0.25, -0.2) is 5.43 Å². The van der Waals surface area contributed by atoms with Crippen LogP contribution < -0.4 is 20.8 Å². The molecule has 0 aliphatic heterocycles. The molecule has 1 heterocycles. The first-order valence-electron chi connectivity index (χ1n) is 10.6. The van der Waals surface area contributed by atoms with Crippen LogP contribution in [0.25, 0.3) is 0 Å². The fourth-order valence-electron chi connectivity index (χ4n) is 3.29. The number of hydrogen-bond donors (Lipinski definition) is 3. The van der Waals surface area contributed by atoms with Crippen molar-refractivity contribution in [3.63, 3.8) is 0 Å². The number of benzene rings is 2. The van der Waals surface area contributed by atoms with Gasteiger partial charge in [0, 0.05) is 11.3 Å². The second-order valence-electron chi connectivity index (χ2n) is 7.61. The molecule has 2 aromatic carbocycles. The van der Waals surface area contributed by atoms with Gasteiger partial charge in [-0.1, -0.05) is 29.8 Å². The highest BCUT2D eigenvalue weighted by Crippen LogP contribution is 2.22. The minimum atomic E-state index is -0.926. The lowest BCUT2D eigenvalue weighted by atomic mass is 10.1. The zero-order chi connectivity index (χ0) is 24.5. The molecule has 1 aromatic heterocycles. The first kappa shape index (κ1) is 24.2. The zero-order valence-electron chi connectivity index (χ0n) is 19.2. The lowest BCUT2D eigenvalue weighted by Crippen LogP contribution is -2.37. The van der Waals surface area contributed by atoms with Crippen molar-refractivity contribution in [2.45, 2.75) is 27.3 Å². The van der Waals surface area contributed by atoms with Gasteiger partial charge >= 0.3 is 11.8 Å². The summed E-state index contributed by atoms with van der Waals surface area (Å²) in [5, 5.41) is 9.11. The summed E-state index contributed by atoms with van der Waals surface area (Å²) >= 11 is 0. The lowest BCUT2D eigenvalue weighted by Gasteiger charge is -2.14. The largest absolute Gasteiger partial charge is 0.483 e.